The van der Waals surface area contributed by atoms with Crippen LogP contribution in [0.3, 0.4) is 0 Å². The Balaban J connectivity index is 1.11. The summed E-state index contributed by atoms with van der Waals surface area (Å²) in [6, 6.07) is 28.5. The molecule has 3 heterocycles. The molecule has 0 saturated carbocycles. The summed E-state index contributed by atoms with van der Waals surface area (Å²) in [6.45, 7) is 2.04. The Morgan fingerprint density at radius 2 is 1.70 bits per heavy atom. The molecule has 0 bridgehead atoms. The first-order chi connectivity index (χ1) is 22.7. The van der Waals surface area contributed by atoms with Crippen molar-refractivity contribution in [3.8, 4) is 17.3 Å². The van der Waals surface area contributed by atoms with Gasteiger partial charge in [0, 0.05) is 40.2 Å². The third-order valence-electron chi connectivity index (χ3n) is 7.51. The summed E-state index contributed by atoms with van der Waals surface area (Å²) in [6.07, 6.45) is 9.93. The van der Waals surface area contributed by atoms with E-state index in [9.17, 15) is 4.79 Å². The van der Waals surface area contributed by atoms with Gasteiger partial charge in [-0.05, 0) is 68.2 Å². The summed E-state index contributed by atoms with van der Waals surface area (Å²) in [4.78, 5) is 22.3. The van der Waals surface area contributed by atoms with Crippen molar-refractivity contribution in [2.24, 2.45) is 0 Å². The molecule has 7 aromatic rings. The van der Waals surface area contributed by atoms with Crippen molar-refractivity contribution >= 4 is 60.9 Å². The van der Waals surface area contributed by atoms with Crippen LogP contribution in [0.4, 0.5) is 27.9 Å². The van der Waals surface area contributed by atoms with E-state index in [2.05, 4.69) is 54.9 Å². The normalized spacial score (nSPS) is 11.8. The highest BCUT2D eigenvalue weighted by Gasteiger charge is 2.19. The SMILES string of the molecule is Cc1ccc(-n2nc(S(C)(C)C)cc2NC(=O)Nc2ccc(Oc3ccnc(Nc4ccc5[nH]ncc5c4)n3)c3ccccc23)cc1. The Hall–Kier alpha value is -5.88. The molecule has 0 aliphatic carbocycles. The Morgan fingerprint density at radius 1 is 0.894 bits per heavy atom. The van der Waals surface area contributed by atoms with Crippen LogP contribution in [0.1, 0.15) is 5.56 Å². The Morgan fingerprint density at radius 3 is 2.51 bits per heavy atom. The molecular weight excluding hydrogens is 611 g/mol. The molecule has 0 aliphatic heterocycles. The van der Waals surface area contributed by atoms with Gasteiger partial charge in [-0.25, -0.2) is 24.5 Å². The molecule has 0 unspecified atom stereocenters. The van der Waals surface area contributed by atoms with E-state index < -0.39 is 10.0 Å². The molecular formula is C35H33N9O2S. The van der Waals surface area contributed by atoms with Crippen LogP contribution >= 0.6 is 10.0 Å². The first-order valence-electron chi connectivity index (χ1n) is 14.9. The van der Waals surface area contributed by atoms with Gasteiger partial charge >= 0.3 is 6.03 Å². The summed E-state index contributed by atoms with van der Waals surface area (Å²) in [5.74, 6) is 1.94. The molecule has 7 rings (SSSR count). The second-order valence-electron chi connectivity index (χ2n) is 11.8. The van der Waals surface area contributed by atoms with Crippen molar-refractivity contribution in [3.05, 3.63) is 109 Å². The zero-order chi connectivity index (χ0) is 32.5. The minimum Gasteiger partial charge on any atom is -0.438 e. The first kappa shape index (κ1) is 29.8. The number of fused-ring (bicyclic) bond motifs is 2. The number of hydrogen-bond donors (Lipinski definition) is 4. The number of benzene rings is 4. The van der Waals surface area contributed by atoms with Gasteiger partial charge in [-0.2, -0.15) is 15.2 Å². The average molecular weight is 644 g/mol. The molecule has 0 saturated heterocycles. The lowest BCUT2D eigenvalue weighted by molar-refractivity contribution is 0.262. The van der Waals surface area contributed by atoms with Crippen LogP contribution < -0.4 is 20.7 Å². The lowest BCUT2D eigenvalue weighted by atomic mass is 10.1. The lowest BCUT2D eigenvalue weighted by Crippen LogP contribution is -2.21. The van der Waals surface area contributed by atoms with Crippen molar-refractivity contribution in [1.82, 2.24) is 29.9 Å². The molecule has 11 nitrogen and oxygen atoms in total. The van der Waals surface area contributed by atoms with Gasteiger partial charge in [-0.3, -0.25) is 10.4 Å². The van der Waals surface area contributed by atoms with Gasteiger partial charge in [0.15, 0.2) is 0 Å². The average Bonchev–Trinajstić information content (AvgIpc) is 3.70. The summed E-state index contributed by atoms with van der Waals surface area (Å²) in [7, 11) is -1.13. The number of aryl methyl sites for hydroxylation is 1. The molecule has 0 aliphatic rings. The first-order valence-corrected chi connectivity index (χ1v) is 17.7. The molecule has 0 spiro atoms. The fourth-order valence-corrected chi connectivity index (χ4v) is 5.88. The largest absolute Gasteiger partial charge is 0.438 e. The van der Waals surface area contributed by atoms with Gasteiger partial charge in [0.05, 0.1) is 23.1 Å². The van der Waals surface area contributed by atoms with Crippen LogP contribution in [0.15, 0.2) is 108 Å². The Bertz CT molecular complexity index is 2240. The fraction of sp³-hybridized carbons (Fsp3) is 0.114. The minimum atomic E-state index is -1.13. The van der Waals surface area contributed by atoms with E-state index in [-0.39, 0.29) is 6.03 Å². The maximum absolute atomic E-state index is 13.4. The zero-order valence-corrected chi connectivity index (χ0v) is 27.1. The van der Waals surface area contributed by atoms with Gasteiger partial charge in [0.1, 0.15) is 16.6 Å². The Kier molecular flexibility index (Phi) is 7.70. The number of amides is 2. The number of ether oxygens (including phenoxy) is 1. The second kappa shape index (κ2) is 12.1. The maximum atomic E-state index is 13.4. The molecule has 12 heteroatoms. The van der Waals surface area contributed by atoms with Crippen LogP contribution in [0.25, 0.3) is 27.4 Å². The number of carbonyl (C=O) groups excluding carboxylic acids is 1. The summed E-state index contributed by atoms with van der Waals surface area (Å²) in [5, 5.41) is 24.7. The van der Waals surface area contributed by atoms with Crippen molar-refractivity contribution in [2.75, 3.05) is 34.7 Å². The third kappa shape index (κ3) is 6.44. The Labute approximate surface area is 272 Å². The molecule has 47 heavy (non-hydrogen) atoms. The second-order valence-corrected chi connectivity index (χ2v) is 15.9. The number of anilines is 4. The fourth-order valence-electron chi connectivity index (χ4n) is 5.09. The maximum Gasteiger partial charge on any atom is 0.324 e. The summed E-state index contributed by atoms with van der Waals surface area (Å²) in [5.41, 5.74) is 4.42. The number of hydrogen-bond acceptors (Lipinski definition) is 7. The molecule has 0 atom stereocenters. The van der Waals surface area contributed by atoms with Gasteiger partial charge in [0.25, 0.3) is 0 Å². The molecule has 236 valence electrons. The number of aromatic nitrogens is 6. The monoisotopic (exact) mass is 643 g/mol. The minimum absolute atomic E-state index is 0.372. The summed E-state index contributed by atoms with van der Waals surface area (Å²) < 4.78 is 8.03. The highest BCUT2D eigenvalue weighted by Crippen LogP contribution is 2.45. The van der Waals surface area contributed by atoms with E-state index in [4.69, 9.17) is 9.84 Å². The van der Waals surface area contributed by atoms with Crippen molar-refractivity contribution in [1.29, 1.82) is 0 Å². The number of H-pyrrole nitrogens is 1. The molecule has 0 radical (unpaired) electrons. The predicted molar refractivity (Wildman–Crippen MR) is 190 cm³/mol. The van der Waals surface area contributed by atoms with Gasteiger partial charge in [-0.15, -0.1) is 0 Å². The number of carbonyl (C=O) groups is 1. The van der Waals surface area contributed by atoms with E-state index >= 15 is 0 Å². The van der Waals surface area contributed by atoms with Gasteiger partial charge in [0.2, 0.25) is 11.8 Å². The number of urea groups is 1. The zero-order valence-electron chi connectivity index (χ0n) is 26.3. The van der Waals surface area contributed by atoms with E-state index in [1.165, 1.54) is 0 Å². The van der Waals surface area contributed by atoms with E-state index in [0.29, 0.717) is 29.1 Å². The van der Waals surface area contributed by atoms with Crippen molar-refractivity contribution in [2.45, 2.75) is 11.9 Å². The quantitative estimate of drug-likeness (QED) is 0.131. The van der Waals surface area contributed by atoms with Crippen LogP contribution in [-0.4, -0.2) is 54.7 Å². The number of aromatic amines is 1. The molecule has 3 aromatic heterocycles. The van der Waals surface area contributed by atoms with E-state index in [0.717, 1.165) is 43.6 Å². The smallest absolute Gasteiger partial charge is 0.324 e. The summed E-state index contributed by atoms with van der Waals surface area (Å²) >= 11 is 0. The number of nitrogens with zero attached hydrogens (tertiary/aromatic N) is 5. The van der Waals surface area contributed by atoms with Crippen LogP contribution in [0.2, 0.25) is 0 Å². The van der Waals surface area contributed by atoms with Crippen molar-refractivity contribution in [3.63, 3.8) is 0 Å². The molecule has 4 aromatic carbocycles. The highest BCUT2D eigenvalue weighted by atomic mass is 32.3. The van der Waals surface area contributed by atoms with Crippen LogP contribution in [0.5, 0.6) is 11.6 Å². The topological polar surface area (TPSA) is 135 Å². The molecule has 0 fully saturated rings. The van der Waals surface area contributed by atoms with E-state index in [1.807, 2.05) is 91.9 Å². The van der Waals surface area contributed by atoms with Crippen molar-refractivity contribution < 1.29 is 9.53 Å². The number of nitrogens with one attached hydrogen (secondary N) is 4. The van der Waals surface area contributed by atoms with Crippen LogP contribution in [-0.2, 0) is 0 Å². The molecule has 4 N–H and O–H groups in total. The standard InChI is InChI=1S/C35H33N9O2S/c1-22-9-12-25(13-10-22)44-31(20-33(43-44)47(2,3)4)40-35(45)39-29-15-16-30(27-8-6-5-7-26(27)29)46-32-17-18-36-34(41-32)38-24-11-14-28-23(19-24)21-37-42-28/h5-21H,1-4H3,(H,37,42)(H,36,38,41)(H2,39,40,45). The van der Waals surface area contributed by atoms with E-state index in [1.54, 1.807) is 23.1 Å². The van der Waals surface area contributed by atoms with Crippen LogP contribution in [0, 0.1) is 6.92 Å². The van der Waals surface area contributed by atoms with Gasteiger partial charge in [-0.1, -0.05) is 42.0 Å². The van der Waals surface area contributed by atoms with Gasteiger partial charge < -0.3 is 15.4 Å². The number of rotatable bonds is 8. The third-order valence-corrected chi connectivity index (χ3v) is 8.96. The molecule has 2 amide bonds. The highest BCUT2D eigenvalue weighted by molar-refractivity contribution is 8.32. The lowest BCUT2D eigenvalue weighted by Gasteiger charge is -2.21. The predicted octanol–water partition coefficient (Wildman–Crippen LogP) is 8.23.